The van der Waals surface area contributed by atoms with E-state index in [-0.39, 0.29) is 0 Å². The van der Waals surface area contributed by atoms with Crippen molar-refractivity contribution in [3.8, 4) is 0 Å². The first-order chi connectivity index (χ1) is 14.7. The molecule has 188 valence electrons. The van der Waals surface area contributed by atoms with Gasteiger partial charge in [0.15, 0.2) is 0 Å². The van der Waals surface area contributed by atoms with Crippen LogP contribution in [0.4, 0.5) is 0 Å². The Hall–Kier alpha value is -0.320. The molecule has 0 aliphatic carbocycles. The molecule has 0 unspecified atom stereocenters. The fourth-order valence-electron chi connectivity index (χ4n) is 2.22. The van der Waals surface area contributed by atoms with Crippen LogP contribution in [0.25, 0.3) is 0 Å². The molecule has 0 bridgehead atoms. The van der Waals surface area contributed by atoms with Crippen molar-refractivity contribution in [2.45, 2.75) is 89.9 Å². The van der Waals surface area contributed by atoms with E-state index in [4.69, 9.17) is 45.9 Å². The van der Waals surface area contributed by atoms with Crippen molar-refractivity contribution in [2.24, 2.45) is 45.9 Å². The highest BCUT2D eigenvalue weighted by Crippen LogP contribution is 2.00. The van der Waals surface area contributed by atoms with Crippen molar-refractivity contribution >= 4 is 0 Å². The maximum Gasteiger partial charge on any atom is -0.00768 e. The number of unbranched alkanes of at least 4 members (excludes halogenated alkanes) is 10. The average molecular weight is 437 g/mol. The average Bonchev–Trinajstić information content (AvgIpc) is 2.77. The Kier molecular flexibility index (Phi) is 57.7. The predicted molar refractivity (Wildman–Crippen MR) is 137 cm³/mol. The van der Waals surface area contributed by atoms with Crippen LogP contribution in [-0.2, 0) is 0 Å². The highest BCUT2D eigenvalue weighted by molar-refractivity contribution is 4.45. The van der Waals surface area contributed by atoms with Crippen LogP contribution in [-0.4, -0.2) is 52.4 Å². The number of hydrogen-bond acceptors (Lipinski definition) is 8. The van der Waals surface area contributed by atoms with E-state index in [0.29, 0.717) is 0 Å². The Bertz CT molecular complexity index is 201. The van der Waals surface area contributed by atoms with Gasteiger partial charge in [0, 0.05) is 0 Å². The maximum absolute atomic E-state index is 5.32. The van der Waals surface area contributed by atoms with E-state index in [0.717, 1.165) is 90.9 Å². The summed E-state index contributed by atoms with van der Waals surface area (Å²) in [6, 6.07) is 0. The van der Waals surface area contributed by atoms with Gasteiger partial charge in [0.1, 0.15) is 0 Å². The number of nitrogens with two attached hydrogens (primary N) is 8. The van der Waals surface area contributed by atoms with Gasteiger partial charge in [0.2, 0.25) is 0 Å². The fourth-order valence-corrected chi connectivity index (χ4v) is 2.22. The normalized spacial score (nSPS) is 9.60. The van der Waals surface area contributed by atoms with E-state index in [1.54, 1.807) is 0 Å². The van der Waals surface area contributed by atoms with E-state index in [9.17, 15) is 0 Å². The molecule has 0 rings (SSSR count). The van der Waals surface area contributed by atoms with Crippen molar-refractivity contribution in [3.63, 3.8) is 0 Å². The van der Waals surface area contributed by atoms with E-state index in [2.05, 4.69) is 0 Å². The molecule has 0 aromatic heterocycles. The van der Waals surface area contributed by atoms with Gasteiger partial charge in [-0.25, -0.2) is 0 Å². The van der Waals surface area contributed by atoms with Gasteiger partial charge in [0.05, 0.1) is 0 Å². The summed E-state index contributed by atoms with van der Waals surface area (Å²) in [5.74, 6) is 0. The minimum atomic E-state index is 0.775. The quantitative estimate of drug-likeness (QED) is 0.145. The number of rotatable bonds is 18. The molecule has 0 aliphatic rings. The highest BCUT2D eigenvalue weighted by Gasteiger charge is 1.86. The summed E-state index contributed by atoms with van der Waals surface area (Å²) in [6.07, 6.45) is 16.5. The van der Waals surface area contributed by atoms with E-state index >= 15 is 0 Å². The third-order valence-corrected chi connectivity index (χ3v) is 4.13. The molecule has 30 heavy (non-hydrogen) atoms. The van der Waals surface area contributed by atoms with Gasteiger partial charge in [-0.05, 0) is 104 Å². The fraction of sp³-hybridized carbons (Fsp3) is 1.00. The maximum atomic E-state index is 5.32. The van der Waals surface area contributed by atoms with Crippen molar-refractivity contribution in [3.05, 3.63) is 0 Å². The van der Waals surface area contributed by atoms with Crippen LogP contribution >= 0.6 is 0 Å². The van der Waals surface area contributed by atoms with Gasteiger partial charge in [0.25, 0.3) is 0 Å². The Balaban J connectivity index is -0.000000152. The van der Waals surface area contributed by atoms with Crippen LogP contribution in [0.3, 0.4) is 0 Å². The molecule has 0 aromatic carbocycles. The Morgan fingerprint density at radius 1 is 0.167 bits per heavy atom. The molecule has 0 atom stereocenters. The predicted octanol–water partition coefficient (Wildman–Crippen LogP) is 1.08. The number of hydrogen-bond donors (Lipinski definition) is 8. The monoisotopic (exact) mass is 436 g/mol. The SMILES string of the molecule is NCCCCCCCN.NCCCCCCN.NCCCCCN.NCCCCN. The molecular formula is C22H60N8. The molecule has 16 N–H and O–H groups in total. The lowest BCUT2D eigenvalue weighted by atomic mass is 10.1. The molecule has 8 nitrogen and oxygen atoms in total. The van der Waals surface area contributed by atoms with Crippen molar-refractivity contribution in [1.82, 2.24) is 0 Å². The third kappa shape index (κ3) is 63.0. The summed E-state index contributed by atoms with van der Waals surface area (Å²) in [5, 5.41) is 0. The zero-order chi connectivity index (χ0) is 23.6. The lowest BCUT2D eigenvalue weighted by Gasteiger charge is -1.96. The van der Waals surface area contributed by atoms with Crippen LogP contribution in [0.2, 0.25) is 0 Å². The van der Waals surface area contributed by atoms with Crippen molar-refractivity contribution in [1.29, 1.82) is 0 Å². The first-order valence-corrected chi connectivity index (χ1v) is 12.3. The first kappa shape index (κ1) is 37.0. The highest BCUT2D eigenvalue weighted by atomic mass is 14.5. The van der Waals surface area contributed by atoms with Crippen molar-refractivity contribution in [2.75, 3.05) is 52.4 Å². The molecule has 0 aliphatic heterocycles. The van der Waals surface area contributed by atoms with Gasteiger partial charge in [-0.3, -0.25) is 0 Å². The lowest BCUT2D eigenvalue weighted by Crippen LogP contribution is -2.03. The molecule has 0 amide bonds. The summed E-state index contributed by atoms with van der Waals surface area (Å²) in [6.45, 7) is 6.48. The van der Waals surface area contributed by atoms with Crippen LogP contribution in [0.1, 0.15) is 89.9 Å². The van der Waals surface area contributed by atoms with Crippen LogP contribution < -0.4 is 45.9 Å². The second kappa shape index (κ2) is 46.8. The third-order valence-electron chi connectivity index (χ3n) is 4.13. The zero-order valence-corrected chi connectivity index (χ0v) is 20.2. The molecule has 8 heteroatoms. The lowest BCUT2D eigenvalue weighted by molar-refractivity contribution is 0.623. The largest absolute Gasteiger partial charge is 0.330 e. The summed E-state index contributed by atoms with van der Waals surface area (Å²) < 4.78 is 0. The van der Waals surface area contributed by atoms with E-state index in [1.165, 1.54) is 51.4 Å². The summed E-state index contributed by atoms with van der Waals surface area (Å²) in [7, 11) is 0. The van der Waals surface area contributed by atoms with Gasteiger partial charge in [-0.2, -0.15) is 0 Å². The van der Waals surface area contributed by atoms with E-state index < -0.39 is 0 Å². The molecule has 0 fully saturated rings. The Morgan fingerprint density at radius 2 is 0.267 bits per heavy atom. The van der Waals surface area contributed by atoms with Crippen LogP contribution in [0.15, 0.2) is 0 Å². The smallest absolute Gasteiger partial charge is 0.00768 e. The van der Waals surface area contributed by atoms with Crippen LogP contribution in [0.5, 0.6) is 0 Å². The summed E-state index contributed by atoms with van der Waals surface area (Å²) in [4.78, 5) is 0. The van der Waals surface area contributed by atoms with Gasteiger partial charge < -0.3 is 45.9 Å². The zero-order valence-electron chi connectivity index (χ0n) is 20.2. The molecule has 0 saturated heterocycles. The Morgan fingerprint density at radius 3 is 0.433 bits per heavy atom. The standard InChI is InChI=1S/C7H18N2.C6H16N2.C5H14N2.C4H12N2/c8-6-4-2-1-3-5-7-9;7-5-3-1-2-4-6-8;6-4-2-1-3-5-7;5-3-1-2-4-6/h1-9H2;1-8H2;1-7H2;1-6H2. The molecule has 0 radical (unpaired) electrons. The Labute approximate surface area is 188 Å². The molecule has 0 spiro atoms. The van der Waals surface area contributed by atoms with Gasteiger partial charge >= 0.3 is 0 Å². The first-order valence-electron chi connectivity index (χ1n) is 12.3. The molecule has 0 saturated carbocycles. The minimum absolute atomic E-state index is 0.775. The summed E-state index contributed by atoms with van der Waals surface area (Å²) in [5.41, 5.74) is 42.0. The van der Waals surface area contributed by atoms with Gasteiger partial charge in [-0.1, -0.05) is 38.5 Å². The topological polar surface area (TPSA) is 208 Å². The molecular weight excluding hydrogens is 376 g/mol. The summed E-state index contributed by atoms with van der Waals surface area (Å²) >= 11 is 0. The molecule has 0 heterocycles. The second-order valence-corrected chi connectivity index (χ2v) is 7.26. The minimum Gasteiger partial charge on any atom is -0.330 e. The van der Waals surface area contributed by atoms with E-state index in [1.807, 2.05) is 0 Å². The van der Waals surface area contributed by atoms with Crippen LogP contribution in [0, 0.1) is 0 Å². The molecule has 0 aromatic rings. The van der Waals surface area contributed by atoms with Gasteiger partial charge in [-0.15, -0.1) is 0 Å². The van der Waals surface area contributed by atoms with Crippen molar-refractivity contribution < 1.29 is 0 Å². The second-order valence-electron chi connectivity index (χ2n) is 7.26.